The number of thioether (sulfide) groups is 1. The number of alkyl halides is 3. The molecule has 4 amide bonds. The van der Waals surface area contributed by atoms with Gasteiger partial charge >= 0.3 is 17.9 Å². The average molecular weight is 1000 g/mol. The minimum Gasteiger partial charge on any atom is -0.490 e. The van der Waals surface area contributed by atoms with E-state index in [1.165, 1.54) is 0 Å². The lowest BCUT2D eigenvalue weighted by molar-refractivity contribution is -0.299. The van der Waals surface area contributed by atoms with Gasteiger partial charge in [-0.25, -0.2) is 4.79 Å². The summed E-state index contributed by atoms with van der Waals surface area (Å²) in [5.41, 5.74) is -3.67. The Bertz CT molecular complexity index is 1820. The quantitative estimate of drug-likeness (QED) is 0.0322. The highest BCUT2D eigenvalue weighted by Gasteiger charge is 2.65. The van der Waals surface area contributed by atoms with Gasteiger partial charge in [-0.1, -0.05) is 12.5 Å². The summed E-state index contributed by atoms with van der Waals surface area (Å²) in [5.74, 6) is -0.588. The molecule has 0 aliphatic carbocycles. The first-order valence-electron chi connectivity index (χ1n) is 22.0. The number of nitrogens with zero attached hydrogens (tertiary/aromatic N) is 2. The number of aliphatic hydroxyl groups excluding tert-OH is 8. The lowest BCUT2D eigenvalue weighted by Gasteiger charge is -2.41. The number of urea groups is 1. The number of fused-ring (bicyclic) bond motifs is 1. The third kappa shape index (κ3) is 13.4. The van der Waals surface area contributed by atoms with Crippen LogP contribution in [0.4, 0.5) is 18.0 Å². The van der Waals surface area contributed by atoms with Crippen LogP contribution < -0.4 is 26.0 Å². The zero-order chi connectivity index (χ0) is 49.2. The van der Waals surface area contributed by atoms with Crippen LogP contribution in [0.2, 0.25) is 0 Å². The van der Waals surface area contributed by atoms with E-state index in [9.17, 15) is 68.4 Å². The Labute approximate surface area is 391 Å². The van der Waals surface area contributed by atoms with E-state index in [0.717, 1.165) is 36.8 Å². The minimum absolute atomic E-state index is 0.0695. The fourth-order valence-corrected chi connectivity index (χ4v) is 9.58. The highest BCUT2D eigenvalue weighted by atomic mass is 32.2. The van der Waals surface area contributed by atoms with Crippen LogP contribution >= 0.6 is 11.8 Å². The molecule has 5 aliphatic heterocycles. The van der Waals surface area contributed by atoms with Crippen molar-refractivity contribution >= 4 is 29.6 Å². The van der Waals surface area contributed by atoms with Crippen LogP contribution in [0.25, 0.3) is 0 Å². The van der Waals surface area contributed by atoms with Crippen molar-refractivity contribution in [2.45, 2.75) is 122 Å². The summed E-state index contributed by atoms with van der Waals surface area (Å²) in [6.45, 7) is -2.57. The van der Waals surface area contributed by atoms with E-state index in [2.05, 4.69) is 31.5 Å². The van der Waals surface area contributed by atoms with Crippen molar-refractivity contribution < 1.29 is 102 Å². The van der Waals surface area contributed by atoms with Crippen molar-refractivity contribution in [2.75, 3.05) is 71.8 Å². The van der Waals surface area contributed by atoms with Crippen molar-refractivity contribution in [1.82, 2.24) is 21.3 Å². The third-order valence-electron chi connectivity index (χ3n) is 11.8. The Morgan fingerprint density at radius 1 is 0.853 bits per heavy atom. The molecule has 384 valence electrons. The van der Waals surface area contributed by atoms with Crippen LogP contribution in [0.3, 0.4) is 0 Å². The van der Waals surface area contributed by atoms with E-state index in [1.54, 1.807) is 0 Å². The lowest BCUT2D eigenvalue weighted by Crippen LogP contribution is -2.61. The van der Waals surface area contributed by atoms with Crippen molar-refractivity contribution in [3.05, 3.63) is 29.3 Å². The van der Waals surface area contributed by atoms with E-state index in [0.29, 0.717) is 18.1 Å². The van der Waals surface area contributed by atoms with Gasteiger partial charge in [0.25, 0.3) is 5.91 Å². The first-order valence-corrected chi connectivity index (χ1v) is 23.1. The predicted octanol–water partition coefficient (Wildman–Crippen LogP) is -3.15. The Kier molecular flexibility index (Phi) is 19.4. The number of unbranched alkanes of at least 4 members (excludes halogenated alkanes) is 1. The number of benzene rings is 1. The van der Waals surface area contributed by atoms with Gasteiger partial charge in [0.2, 0.25) is 5.91 Å². The summed E-state index contributed by atoms with van der Waals surface area (Å²) >= 11 is 1.82. The number of amides is 4. The molecule has 4 fully saturated rings. The third-order valence-corrected chi connectivity index (χ3v) is 13.3. The van der Waals surface area contributed by atoms with Crippen molar-refractivity contribution in [2.24, 2.45) is 10.2 Å². The molecule has 68 heavy (non-hydrogen) atoms. The lowest BCUT2D eigenvalue weighted by atomic mass is 9.98. The number of ether oxygens (including phenoxy) is 7. The van der Waals surface area contributed by atoms with E-state index in [-0.39, 0.29) is 74.9 Å². The minimum atomic E-state index is -4.93. The number of rotatable bonds is 26. The Morgan fingerprint density at radius 2 is 1.46 bits per heavy atom. The number of halogens is 3. The summed E-state index contributed by atoms with van der Waals surface area (Å²) in [6, 6.07) is 1.73. The zero-order valence-corrected chi connectivity index (χ0v) is 37.3. The molecule has 3 unspecified atom stereocenters. The maximum atomic E-state index is 14.0. The maximum Gasteiger partial charge on any atom is 0.442 e. The smallest absolute Gasteiger partial charge is 0.442 e. The van der Waals surface area contributed by atoms with E-state index >= 15 is 0 Å². The molecule has 12 N–H and O–H groups in total. The van der Waals surface area contributed by atoms with Gasteiger partial charge in [-0.2, -0.15) is 24.9 Å². The van der Waals surface area contributed by atoms with Gasteiger partial charge in [0, 0.05) is 29.5 Å². The van der Waals surface area contributed by atoms with Gasteiger partial charge in [0.05, 0.1) is 76.5 Å². The number of carbonyl (C=O) groups is 3. The highest BCUT2D eigenvalue weighted by molar-refractivity contribution is 8.00. The van der Waals surface area contributed by atoms with Gasteiger partial charge in [-0.05, 0) is 25.0 Å². The van der Waals surface area contributed by atoms with Crippen LogP contribution in [0, 0.1) is 0 Å². The van der Waals surface area contributed by atoms with Crippen molar-refractivity contribution in [3.8, 4) is 5.75 Å². The standard InChI is InChI=1S/C40H59F3N6O18S/c41-40(42,43)39(48-49-39)19-5-6-21(23(13-19)63-12-11-62-10-9-61-8-7-44-27(52)4-2-1-3-26-28-22(18-68-26)46-38(60)47-28)35(57)45-20(16-64-33-24(14-50)66-36(58)31(55)29(33)53)17-65-34-25(15-51)67-37(59)32(56)30(34)54/h5-6,13,20,22,24-26,28-34,36-37,50-51,53-56,58-59H,1-4,7-12,14-18H2,(H,44,52)(H,45,57)(H2,46,47,60)/t22?,24-,25-,26?,28?,29-,30-,31+,32+,33-,34-,36-,37-/m1/s1. The van der Waals surface area contributed by atoms with E-state index in [4.69, 9.17) is 33.2 Å². The summed E-state index contributed by atoms with van der Waals surface area (Å²) in [5, 5.41) is 99.0. The fraction of sp³-hybridized carbons (Fsp3) is 0.775. The molecular formula is C40H59F3N6O18S. The van der Waals surface area contributed by atoms with Gasteiger partial charge < -0.3 is 95.3 Å². The first-order chi connectivity index (χ1) is 32.5. The molecule has 28 heteroatoms. The number of nitrogens with one attached hydrogen (secondary N) is 4. The molecule has 0 saturated carbocycles. The maximum absolute atomic E-state index is 14.0. The van der Waals surface area contributed by atoms with E-state index in [1.807, 2.05) is 11.8 Å². The van der Waals surface area contributed by atoms with Crippen LogP contribution in [0.15, 0.2) is 28.4 Å². The summed E-state index contributed by atoms with van der Waals surface area (Å²) in [4.78, 5) is 37.8. The number of hydrogen-bond acceptors (Lipinski definition) is 21. The largest absolute Gasteiger partial charge is 0.490 e. The molecule has 6 rings (SSSR count). The molecule has 0 bridgehead atoms. The van der Waals surface area contributed by atoms with Crippen molar-refractivity contribution in [3.63, 3.8) is 0 Å². The molecule has 4 saturated heterocycles. The van der Waals surface area contributed by atoms with Gasteiger partial charge in [0.15, 0.2) is 12.6 Å². The monoisotopic (exact) mass is 1000 g/mol. The van der Waals surface area contributed by atoms with Crippen molar-refractivity contribution in [1.29, 1.82) is 0 Å². The first kappa shape index (κ1) is 53.8. The summed E-state index contributed by atoms with van der Waals surface area (Å²) in [6.07, 6.45) is -19.0. The summed E-state index contributed by atoms with van der Waals surface area (Å²) < 4.78 is 80.6. The molecule has 0 radical (unpaired) electrons. The Balaban J connectivity index is 1.00. The molecule has 0 aromatic heterocycles. The molecule has 13 atom stereocenters. The molecule has 5 heterocycles. The Morgan fingerprint density at radius 3 is 2.04 bits per heavy atom. The second kappa shape index (κ2) is 24.5. The van der Waals surface area contributed by atoms with Gasteiger partial charge in [-0.15, -0.1) is 10.2 Å². The van der Waals surface area contributed by atoms with E-state index < -0.39 is 117 Å². The molecule has 0 spiro atoms. The average Bonchev–Trinajstić information content (AvgIpc) is 3.95. The van der Waals surface area contributed by atoms with Crippen LogP contribution in [0.1, 0.15) is 41.6 Å². The van der Waals surface area contributed by atoms with Crippen LogP contribution in [0.5, 0.6) is 5.75 Å². The SMILES string of the molecule is O=C(CCCCC1SCC2NC(=O)NC21)NCCOCCOCCOc1cc(C2(C(F)(F)F)N=N2)ccc1C(=O)NC(CO[C@H]1[C@H](O)[C@H](O)[C@H](O)O[C@@H]1CO)CO[C@H]1[C@H](O)[C@H](O)[C@H](O)O[C@@H]1CO. The number of aliphatic hydroxyl groups is 8. The predicted molar refractivity (Wildman–Crippen MR) is 224 cm³/mol. The molecular weight excluding hydrogens is 942 g/mol. The zero-order valence-electron chi connectivity index (χ0n) is 36.5. The topological polar surface area (TPSA) is 351 Å². The van der Waals surface area contributed by atoms with Crippen LogP contribution in [-0.2, 0) is 38.9 Å². The second-order valence-electron chi connectivity index (χ2n) is 16.6. The second-order valence-corrected chi connectivity index (χ2v) is 17.9. The van der Waals surface area contributed by atoms with Gasteiger partial charge in [-0.3, -0.25) is 9.59 Å². The molecule has 24 nitrogen and oxygen atoms in total. The normalized spacial score (nSPS) is 31.8. The number of carbonyl (C=O) groups excluding carboxylic acids is 3. The molecule has 1 aromatic carbocycles. The Hall–Kier alpha value is -3.59. The van der Waals surface area contributed by atoms with Crippen LogP contribution in [-0.4, -0.2) is 221 Å². The van der Waals surface area contributed by atoms with Gasteiger partial charge in [0.1, 0.15) is 61.2 Å². The summed E-state index contributed by atoms with van der Waals surface area (Å²) in [7, 11) is 0. The molecule has 1 aromatic rings. The number of hydrogen-bond donors (Lipinski definition) is 12. The highest BCUT2D eigenvalue weighted by Crippen LogP contribution is 2.53. The molecule has 5 aliphatic rings. The fourth-order valence-electron chi connectivity index (χ4n) is 8.04.